The zero-order valence-electron chi connectivity index (χ0n) is 18.5. The fourth-order valence-corrected chi connectivity index (χ4v) is 6.87. The molecule has 0 N–H and O–H groups in total. The lowest BCUT2D eigenvalue weighted by Gasteiger charge is -2.32. The van der Waals surface area contributed by atoms with Crippen LogP contribution in [0.15, 0.2) is 71.6 Å². The summed E-state index contributed by atoms with van der Waals surface area (Å²) in [7, 11) is -3.99. The summed E-state index contributed by atoms with van der Waals surface area (Å²) < 4.78 is 29.2. The van der Waals surface area contributed by atoms with E-state index in [9.17, 15) is 18.0 Å². The fraction of sp³-hybridized carbons (Fsp3) is 0.308. The highest BCUT2D eigenvalue weighted by molar-refractivity contribution is 7.89. The van der Waals surface area contributed by atoms with Crippen LogP contribution in [0, 0.1) is 6.92 Å². The number of hydrogen-bond acceptors (Lipinski definition) is 4. The van der Waals surface area contributed by atoms with Crippen LogP contribution < -0.4 is 4.90 Å². The van der Waals surface area contributed by atoms with Crippen molar-refractivity contribution in [2.24, 2.45) is 0 Å². The number of anilines is 1. The van der Waals surface area contributed by atoms with Crippen molar-refractivity contribution in [2.45, 2.75) is 56.0 Å². The number of carbonyl (C=O) groups is 2. The monoisotopic (exact) mass is 462 g/mol. The highest BCUT2D eigenvalue weighted by Crippen LogP contribution is 2.36. The van der Waals surface area contributed by atoms with Crippen molar-refractivity contribution < 1.29 is 18.0 Å². The van der Waals surface area contributed by atoms with E-state index in [1.807, 2.05) is 43.3 Å². The Morgan fingerprint density at radius 3 is 2.24 bits per heavy atom. The van der Waals surface area contributed by atoms with Crippen LogP contribution in [0.2, 0.25) is 0 Å². The number of aryl methyl sites for hydroxylation is 1. The van der Waals surface area contributed by atoms with E-state index in [-0.39, 0.29) is 23.3 Å². The number of nitrogens with zero attached hydrogens (tertiary/aromatic N) is 2. The molecule has 6 nitrogen and oxygen atoms in total. The van der Waals surface area contributed by atoms with E-state index in [2.05, 4.69) is 0 Å². The molecule has 1 heterocycles. The van der Waals surface area contributed by atoms with Crippen molar-refractivity contribution in [1.29, 1.82) is 0 Å². The summed E-state index contributed by atoms with van der Waals surface area (Å²) in [6.45, 7) is 1.93. The molecule has 7 heteroatoms. The van der Waals surface area contributed by atoms with Crippen LogP contribution in [0.5, 0.6) is 0 Å². The molecule has 1 aliphatic carbocycles. The van der Waals surface area contributed by atoms with Crippen molar-refractivity contribution in [2.75, 3.05) is 4.90 Å². The van der Waals surface area contributed by atoms with Crippen molar-refractivity contribution >= 4 is 38.3 Å². The Labute approximate surface area is 193 Å². The maximum atomic E-state index is 13.9. The van der Waals surface area contributed by atoms with Crippen LogP contribution in [-0.2, 0) is 19.6 Å². The molecule has 1 atom stereocenters. The molecule has 1 saturated heterocycles. The van der Waals surface area contributed by atoms with Crippen LogP contribution in [0.4, 0.5) is 5.69 Å². The smallest absolute Gasteiger partial charge is 0.252 e. The summed E-state index contributed by atoms with van der Waals surface area (Å²) in [6.07, 6.45) is 3.05. The van der Waals surface area contributed by atoms with E-state index < -0.39 is 22.0 Å². The second kappa shape index (κ2) is 8.39. The Bertz CT molecular complexity index is 1330. The van der Waals surface area contributed by atoms with Gasteiger partial charge in [0.25, 0.3) is 5.91 Å². The molecule has 3 aromatic rings. The van der Waals surface area contributed by atoms with E-state index in [0.717, 1.165) is 34.1 Å². The van der Waals surface area contributed by atoms with Gasteiger partial charge in [-0.3, -0.25) is 9.59 Å². The lowest BCUT2D eigenvalue weighted by Crippen LogP contribution is -2.49. The molecule has 0 bridgehead atoms. The summed E-state index contributed by atoms with van der Waals surface area (Å²) in [6, 6.07) is 18.4. The average Bonchev–Trinajstić information content (AvgIpc) is 3.43. The molecular formula is C26H26N2O4S. The van der Waals surface area contributed by atoms with E-state index in [1.165, 1.54) is 4.31 Å². The average molecular weight is 463 g/mol. The van der Waals surface area contributed by atoms with Crippen LogP contribution in [0.25, 0.3) is 10.8 Å². The summed E-state index contributed by atoms with van der Waals surface area (Å²) in [5, 5.41) is 1.77. The Morgan fingerprint density at radius 1 is 0.879 bits per heavy atom. The molecule has 2 amide bonds. The molecular weight excluding hydrogens is 436 g/mol. The molecule has 1 unspecified atom stereocenters. The van der Waals surface area contributed by atoms with E-state index >= 15 is 0 Å². The predicted molar refractivity (Wildman–Crippen MR) is 127 cm³/mol. The first-order valence-electron chi connectivity index (χ1n) is 11.3. The van der Waals surface area contributed by atoms with Crippen molar-refractivity contribution in [1.82, 2.24) is 4.31 Å². The van der Waals surface area contributed by atoms with E-state index in [4.69, 9.17) is 0 Å². The molecule has 3 aromatic carbocycles. The molecule has 2 fully saturated rings. The minimum atomic E-state index is -3.99. The lowest BCUT2D eigenvalue weighted by molar-refractivity contribution is -0.122. The second-order valence-corrected chi connectivity index (χ2v) is 10.7. The van der Waals surface area contributed by atoms with Gasteiger partial charge in [-0.05, 0) is 54.8 Å². The van der Waals surface area contributed by atoms with Crippen LogP contribution >= 0.6 is 0 Å². The van der Waals surface area contributed by atoms with Crippen molar-refractivity contribution in [3.05, 3.63) is 72.3 Å². The SMILES string of the molecule is Cc1ccc(N2C(=O)CC(N(C3CCCC3)S(=O)(=O)c3ccc4ccccc4c3)C2=O)cc1. The van der Waals surface area contributed by atoms with E-state index in [1.54, 1.807) is 30.3 Å². The first-order valence-corrected chi connectivity index (χ1v) is 12.8. The van der Waals surface area contributed by atoms with Crippen molar-refractivity contribution in [3.8, 4) is 0 Å². The Morgan fingerprint density at radius 2 is 1.55 bits per heavy atom. The first-order chi connectivity index (χ1) is 15.9. The third-order valence-electron chi connectivity index (χ3n) is 6.70. The summed E-state index contributed by atoms with van der Waals surface area (Å²) >= 11 is 0. The van der Waals surface area contributed by atoms with Crippen LogP contribution in [-0.4, -0.2) is 36.6 Å². The van der Waals surface area contributed by atoms with Gasteiger partial charge in [0.05, 0.1) is 17.0 Å². The van der Waals surface area contributed by atoms with Crippen molar-refractivity contribution in [3.63, 3.8) is 0 Å². The zero-order valence-corrected chi connectivity index (χ0v) is 19.3. The second-order valence-electron chi connectivity index (χ2n) is 8.91. The van der Waals surface area contributed by atoms with Gasteiger partial charge in [-0.15, -0.1) is 0 Å². The molecule has 5 rings (SSSR count). The predicted octanol–water partition coefficient (Wildman–Crippen LogP) is 4.41. The largest absolute Gasteiger partial charge is 0.274 e. The number of hydrogen-bond donors (Lipinski definition) is 0. The number of carbonyl (C=O) groups excluding carboxylic acids is 2. The molecule has 1 saturated carbocycles. The van der Waals surface area contributed by atoms with Gasteiger partial charge in [-0.25, -0.2) is 13.3 Å². The summed E-state index contributed by atoms with van der Waals surface area (Å²) in [5.41, 5.74) is 1.49. The Balaban J connectivity index is 1.56. The summed E-state index contributed by atoms with van der Waals surface area (Å²) in [4.78, 5) is 27.7. The minimum Gasteiger partial charge on any atom is -0.274 e. The standard InChI is InChI=1S/C26H26N2O4S/c1-18-10-13-21(14-11-18)27-25(29)17-24(26(27)30)28(22-8-4-5-9-22)33(31,32)23-15-12-19-6-2-3-7-20(19)16-23/h2-3,6-7,10-16,22,24H,4-5,8-9,17H2,1H3. The van der Waals surface area contributed by atoms with Gasteiger partial charge in [0.1, 0.15) is 6.04 Å². The quantitative estimate of drug-likeness (QED) is 0.526. The van der Waals surface area contributed by atoms with Crippen LogP contribution in [0.1, 0.15) is 37.7 Å². The van der Waals surface area contributed by atoms with Gasteiger partial charge < -0.3 is 0 Å². The van der Waals surface area contributed by atoms with E-state index in [0.29, 0.717) is 18.5 Å². The molecule has 33 heavy (non-hydrogen) atoms. The van der Waals surface area contributed by atoms with Gasteiger partial charge in [0.15, 0.2) is 0 Å². The lowest BCUT2D eigenvalue weighted by atomic mass is 10.1. The zero-order chi connectivity index (χ0) is 23.2. The number of imide groups is 1. The number of fused-ring (bicyclic) bond motifs is 1. The third-order valence-corrected chi connectivity index (χ3v) is 8.66. The van der Waals surface area contributed by atoms with Gasteiger partial charge in [0, 0.05) is 6.04 Å². The number of benzene rings is 3. The normalized spacial score (nSPS) is 19.8. The third kappa shape index (κ3) is 3.85. The maximum Gasteiger partial charge on any atom is 0.252 e. The minimum absolute atomic E-state index is 0.143. The summed E-state index contributed by atoms with van der Waals surface area (Å²) in [5.74, 6) is -0.842. The maximum absolute atomic E-state index is 13.9. The topological polar surface area (TPSA) is 74.8 Å². The Hall–Kier alpha value is -3.03. The Kier molecular flexibility index (Phi) is 5.54. The van der Waals surface area contributed by atoms with Gasteiger partial charge in [-0.1, -0.05) is 60.9 Å². The van der Waals surface area contributed by atoms with Gasteiger partial charge >= 0.3 is 0 Å². The molecule has 0 aromatic heterocycles. The number of rotatable bonds is 5. The molecule has 1 aliphatic heterocycles. The first kappa shape index (κ1) is 21.8. The number of sulfonamides is 1. The molecule has 2 aliphatic rings. The van der Waals surface area contributed by atoms with Gasteiger partial charge in [-0.2, -0.15) is 4.31 Å². The molecule has 0 radical (unpaired) electrons. The fourth-order valence-electron chi connectivity index (χ4n) is 5.01. The number of amides is 2. The molecule has 170 valence electrons. The van der Waals surface area contributed by atoms with Gasteiger partial charge in [0.2, 0.25) is 15.9 Å². The highest BCUT2D eigenvalue weighted by Gasteiger charge is 2.49. The van der Waals surface area contributed by atoms with Crippen LogP contribution in [0.3, 0.4) is 0 Å². The highest BCUT2D eigenvalue weighted by atomic mass is 32.2. The molecule has 0 spiro atoms.